The third kappa shape index (κ3) is 6.48. The minimum atomic E-state index is -0.520. The first-order valence-corrected chi connectivity index (χ1v) is 12.9. The molecule has 0 saturated carbocycles. The average Bonchev–Trinajstić information content (AvgIpc) is 3.43. The zero-order chi connectivity index (χ0) is 24.6. The van der Waals surface area contributed by atoms with E-state index in [1.54, 1.807) is 17.0 Å². The number of fused-ring (bicyclic) bond motifs is 1. The van der Waals surface area contributed by atoms with Crippen LogP contribution in [0.3, 0.4) is 0 Å². The Balaban J connectivity index is 1.31. The molecule has 0 bridgehead atoms. The Bertz CT molecular complexity index is 1070. The Kier molecular flexibility index (Phi) is 8.52. The fourth-order valence-electron chi connectivity index (χ4n) is 3.82. The summed E-state index contributed by atoms with van der Waals surface area (Å²) in [5.41, 5.74) is 1.34. The Labute approximate surface area is 210 Å². The van der Waals surface area contributed by atoms with Gasteiger partial charge < -0.3 is 19.5 Å². The molecule has 0 aliphatic carbocycles. The van der Waals surface area contributed by atoms with E-state index >= 15 is 0 Å². The van der Waals surface area contributed by atoms with Crippen molar-refractivity contribution in [1.82, 2.24) is 4.90 Å². The Morgan fingerprint density at radius 1 is 1.11 bits per heavy atom. The molecule has 186 valence electrons. The number of rotatable bonds is 11. The first-order chi connectivity index (χ1) is 17.1. The van der Waals surface area contributed by atoms with Crippen LogP contribution in [0.25, 0.3) is 0 Å². The highest BCUT2D eigenvalue weighted by Crippen LogP contribution is 2.37. The lowest BCUT2D eigenvalue weighted by Crippen LogP contribution is -2.33. The van der Waals surface area contributed by atoms with Crippen molar-refractivity contribution in [2.75, 3.05) is 25.3 Å². The molecular weight excluding hydrogens is 466 g/mol. The third-order valence-corrected chi connectivity index (χ3v) is 6.87. The number of anilines is 1. The van der Waals surface area contributed by atoms with Crippen LogP contribution < -0.4 is 19.5 Å². The van der Waals surface area contributed by atoms with Gasteiger partial charge in [-0.15, -0.1) is 0 Å². The van der Waals surface area contributed by atoms with Gasteiger partial charge in [-0.2, -0.15) is 0 Å². The number of carbonyl (C=O) groups excluding carboxylic acids is 2. The summed E-state index contributed by atoms with van der Waals surface area (Å²) < 4.78 is 16.5. The van der Waals surface area contributed by atoms with Gasteiger partial charge in [0, 0.05) is 24.7 Å². The number of aliphatic imine (C=N–C) groups is 1. The van der Waals surface area contributed by atoms with Gasteiger partial charge in [-0.25, -0.2) is 4.99 Å². The molecule has 2 aromatic rings. The molecule has 0 spiro atoms. The van der Waals surface area contributed by atoms with Gasteiger partial charge in [0.1, 0.15) is 11.0 Å². The summed E-state index contributed by atoms with van der Waals surface area (Å²) in [6.45, 7) is 5.44. The van der Waals surface area contributed by atoms with Crippen LogP contribution in [0.4, 0.5) is 11.4 Å². The predicted molar refractivity (Wildman–Crippen MR) is 138 cm³/mol. The fourth-order valence-corrected chi connectivity index (χ4v) is 5.04. The van der Waals surface area contributed by atoms with E-state index in [1.807, 2.05) is 37.3 Å². The van der Waals surface area contributed by atoms with Crippen molar-refractivity contribution in [3.8, 4) is 17.2 Å². The molecule has 2 aliphatic rings. The molecular formula is C26H31N3O5S. The second-order valence-electron chi connectivity index (χ2n) is 8.31. The molecule has 1 atom stereocenters. The summed E-state index contributed by atoms with van der Waals surface area (Å²) in [5, 5.41) is 2.94. The number of hydrogen-bond acceptors (Lipinski definition) is 7. The van der Waals surface area contributed by atoms with Gasteiger partial charge >= 0.3 is 0 Å². The van der Waals surface area contributed by atoms with Gasteiger partial charge in [0.2, 0.25) is 18.6 Å². The maximum Gasteiger partial charge on any atom is 0.242 e. The summed E-state index contributed by atoms with van der Waals surface area (Å²) in [6, 6.07) is 12.7. The van der Waals surface area contributed by atoms with Gasteiger partial charge in [0.15, 0.2) is 16.7 Å². The number of hydrogen-bond donors (Lipinski definition) is 1. The Morgan fingerprint density at radius 2 is 1.91 bits per heavy atom. The van der Waals surface area contributed by atoms with Gasteiger partial charge in [-0.1, -0.05) is 37.9 Å². The molecule has 2 aliphatic heterocycles. The monoisotopic (exact) mass is 497 g/mol. The molecule has 0 aromatic heterocycles. The summed E-state index contributed by atoms with van der Waals surface area (Å²) in [4.78, 5) is 31.8. The molecule has 2 aromatic carbocycles. The molecule has 1 fully saturated rings. The number of ether oxygens (including phenoxy) is 3. The molecule has 0 radical (unpaired) electrons. The number of amides is 2. The van der Waals surface area contributed by atoms with Crippen molar-refractivity contribution < 1.29 is 23.8 Å². The number of nitrogens with zero attached hydrogens (tertiary/aromatic N) is 2. The molecule has 1 saturated heterocycles. The largest absolute Gasteiger partial charge is 0.494 e. The minimum absolute atomic E-state index is 0.0653. The van der Waals surface area contributed by atoms with Crippen molar-refractivity contribution in [1.29, 1.82) is 0 Å². The second-order valence-corrected chi connectivity index (χ2v) is 9.48. The summed E-state index contributed by atoms with van der Waals surface area (Å²) >= 11 is 1.31. The lowest BCUT2D eigenvalue weighted by Gasteiger charge is -2.13. The van der Waals surface area contributed by atoms with Crippen LogP contribution in [-0.2, 0) is 9.59 Å². The zero-order valence-corrected chi connectivity index (χ0v) is 20.9. The highest BCUT2D eigenvalue weighted by Gasteiger charge is 2.38. The first-order valence-electron chi connectivity index (χ1n) is 12.1. The molecule has 0 unspecified atom stereocenters. The van der Waals surface area contributed by atoms with Crippen LogP contribution in [0.2, 0.25) is 0 Å². The maximum atomic E-state index is 12.9. The smallest absolute Gasteiger partial charge is 0.242 e. The van der Waals surface area contributed by atoms with E-state index in [4.69, 9.17) is 14.2 Å². The Morgan fingerprint density at radius 3 is 2.69 bits per heavy atom. The topological polar surface area (TPSA) is 89.5 Å². The van der Waals surface area contributed by atoms with Crippen LogP contribution in [0.15, 0.2) is 47.5 Å². The van der Waals surface area contributed by atoms with Crippen molar-refractivity contribution in [3.05, 3.63) is 42.5 Å². The average molecular weight is 498 g/mol. The van der Waals surface area contributed by atoms with E-state index in [0.29, 0.717) is 41.2 Å². The van der Waals surface area contributed by atoms with Crippen LogP contribution in [-0.4, -0.2) is 47.1 Å². The van der Waals surface area contributed by atoms with E-state index in [2.05, 4.69) is 17.2 Å². The molecule has 2 amide bonds. The molecule has 8 nitrogen and oxygen atoms in total. The maximum absolute atomic E-state index is 12.9. The van der Waals surface area contributed by atoms with E-state index in [1.165, 1.54) is 31.0 Å². The quantitative estimate of drug-likeness (QED) is 0.421. The van der Waals surface area contributed by atoms with Crippen molar-refractivity contribution in [3.63, 3.8) is 0 Å². The molecule has 4 rings (SSSR count). The van der Waals surface area contributed by atoms with Gasteiger partial charge in [-0.3, -0.25) is 14.5 Å². The Hall–Kier alpha value is -3.20. The van der Waals surface area contributed by atoms with Gasteiger partial charge in [0.05, 0.1) is 12.3 Å². The second kappa shape index (κ2) is 12.0. The SMILES string of the molecule is CCCCCCOc1ccc(NC(=O)C[C@@H]2SC(=Nc3ccc4c(c3)OCO4)N(CC)C2=O)cc1. The lowest BCUT2D eigenvalue weighted by atomic mass is 10.2. The zero-order valence-electron chi connectivity index (χ0n) is 20.1. The summed E-state index contributed by atoms with van der Waals surface area (Å²) in [6.07, 6.45) is 4.69. The molecule has 35 heavy (non-hydrogen) atoms. The molecule has 2 heterocycles. The normalized spacial score (nSPS) is 17.8. The van der Waals surface area contributed by atoms with Crippen molar-refractivity contribution in [2.45, 2.75) is 51.2 Å². The summed E-state index contributed by atoms with van der Waals surface area (Å²) in [7, 11) is 0. The van der Waals surface area contributed by atoms with Crippen LogP contribution in [0.1, 0.15) is 46.0 Å². The molecule has 9 heteroatoms. The van der Waals surface area contributed by atoms with E-state index in [-0.39, 0.29) is 25.0 Å². The van der Waals surface area contributed by atoms with E-state index in [0.717, 1.165) is 12.2 Å². The van der Waals surface area contributed by atoms with Gasteiger partial charge in [-0.05, 0) is 49.7 Å². The number of carbonyl (C=O) groups is 2. The van der Waals surface area contributed by atoms with Gasteiger partial charge in [0.25, 0.3) is 0 Å². The van der Waals surface area contributed by atoms with Crippen molar-refractivity contribution >= 4 is 40.1 Å². The van der Waals surface area contributed by atoms with Crippen LogP contribution in [0, 0.1) is 0 Å². The number of benzene rings is 2. The minimum Gasteiger partial charge on any atom is -0.494 e. The lowest BCUT2D eigenvalue weighted by molar-refractivity contribution is -0.128. The first kappa shape index (κ1) is 24.9. The standard InChI is InChI=1S/C26H31N3O5S/c1-3-5-6-7-14-32-20-11-8-18(9-12-20)27-24(30)16-23-25(31)29(4-2)26(35-23)28-19-10-13-21-22(15-19)34-17-33-21/h8-13,15,23H,3-7,14,16-17H2,1-2H3,(H,27,30)/t23-/m0/s1. The number of thioether (sulfide) groups is 1. The number of unbranched alkanes of at least 4 members (excludes halogenated alkanes) is 3. The predicted octanol–water partition coefficient (Wildman–Crippen LogP) is 5.35. The van der Waals surface area contributed by atoms with E-state index < -0.39 is 5.25 Å². The van der Waals surface area contributed by atoms with Crippen molar-refractivity contribution in [2.24, 2.45) is 4.99 Å². The number of amidine groups is 1. The summed E-state index contributed by atoms with van der Waals surface area (Å²) in [5.74, 6) is 1.76. The number of nitrogens with one attached hydrogen (secondary N) is 1. The van der Waals surface area contributed by atoms with Crippen LogP contribution >= 0.6 is 11.8 Å². The fraction of sp³-hybridized carbons (Fsp3) is 0.423. The van der Waals surface area contributed by atoms with Crippen LogP contribution in [0.5, 0.6) is 17.2 Å². The third-order valence-electron chi connectivity index (χ3n) is 5.69. The highest BCUT2D eigenvalue weighted by molar-refractivity contribution is 8.15. The molecule has 1 N–H and O–H groups in total. The highest BCUT2D eigenvalue weighted by atomic mass is 32.2. The van der Waals surface area contributed by atoms with E-state index in [9.17, 15) is 9.59 Å².